The second-order valence-electron chi connectivity index (χ2n) is 6.58. The Kier molecular flexibility index (Phi) is 8.89. The summed E-state index contributed by atoms with van der Waals surface area (Å²) in [6, 6.07) is 13.4. The monoisotopic (exact) mass is 416 g/mol. The Balaban J connectivity index is 1.88. The molecule has 0 saturated heterocycles. The fraction of sp³-hybridized carbons (Fsp3) is 0.318. The standard InChI is InChI=1S/C22H28N2O4S/c1-3-4-5-6-17-23-29(26,27)21-14-10-19(11-15-21)24-22(25)16-9-18-7-12-20(28-2)13-8-18/h7-16,23H,3-6,17H2,1-2H3,(H,24,25). The van der Waals surface area contributed by atoms with E-state index >= 15 is 0 Å². The van der Waals surface area contributed by atoms with Gasteiger partial charge in [-0.15, -0.1) is 0 Å². The molecule has 0 atom stereocenters. The number of unbranched alkanes of at least 4 members (excludes halogenated alkanes) is 3. The Bertz CT molecular complexity index is 905. The van der Waals surface area contributed by atoms with E-state index in [9.17, 15) is 13.2 Å². The molecule has 7 heteroatoms. The van der Waals surface area contributed by atoms with Crippen LogP contribution in [-0.2, 0) is 14.8 Å². The van der Waals surface area contributed by atoms with E-state index in [1.165, 1.54) is 18.2 Å². The lowest BCUT2D eigenvalue weighted by Crippen LogP contribution is -2.24. The van der Waals surface area contributed by atoms with Crippen molar-refractivity contribution in [1.82, 2.24) is 4.72 Å². The van der Waals surface area contributed by atoms with Crippen LogP contribution in [0.5, 0.6) is 5.75 Å². The van der Waals surface area contributed by atoms with Crippen LogP contribution in [0.2, 0.25) is 0 Å². The summed E-state index contributed by atoms with van der Waals surface area (Å²) < 4.78 is 32.3. The van der Waals surface area contributed by atoms with Crippen LogP contribution in [0.4, 0.5) is 5.69 Å². The molecule has 0 fully saturated rings. The summed E-state index contributed by atoms with van der Waals surface area (Å²) in [7, 11) is -1.94. The third-order valence-corrected chi connectivity index (χ3v) is 5.77. The maximum absolute atomic E-state index is 12.3. The number of amides is 1. The molecule has 0 spiro atoms. The van der Waals surface area contributed by atoms with E-state index in [-0.39, 0.29) is 10.8 Å². The van der Waals surface area contributed by atoms with Gasteiger partial charge in [-0.3, -0.25) is 4.79 Å². The number of rotatable bonds is 11. The van der Waals surface area contributed by atoms with Gasteiger partial charge in [-0.25, -0.2) is 13.1 Å². The van der Waals surface area contributed by atoms with E-state index in [1.807, 2.05) is 24.3 Å². The molecule has 1 amide bonds. The predicted octanol–water partition coefficient (Wildman–Crippen LogP) is 4.21. The first-order valence-electron chi connectivity index (χ1n) is 9.67. The van der Waals surface area contributed by atoms with Crippen LogP contribution >= 0.6 is 0 Å². The van der Waals surface area contributed by atoms with Gasteiger partial charge in [-0.2, -0.15) is 0 Å². The van der Waals surface area contributed by atoms with Crippen molar-refractivity contribution in [3.8, 4) is 5.75 Å². The molecule has 2 rings (SSSR count). The number of anilines is 1. The number of sulfonamides is 1. The first kappa shape index (κ1) is 22.6. The maximum Gasteiger partial charge on any atom is 0.248 e. The largest absolute Gasteiger partial charge is 0.497 e. The molecule has 156 valence electrons. The SMILES string of the molecule is CCCCCCNS(=O)(=O)c1ccc(NC(=O)C=Cc2ccc(OC)cc2)cc1. The number of benzene rings is 2. The summed E-state index contributed by atoms with van der Waals surface area (Å²) in [6.07, 6.45) is 7.15. The smallest absolute Gasteiger partial charge is 0.248 e. The lowest BCUT2D eigenvalue weighted by Gasteiger charge is -2.08. The second kappa shape index (κ2) is 11.4. The number of carbonyl (C=O) groups is 1. The molecule has 0 heterocycles. The average Bonchev–Trinajstić information content (AvgIpc) is 2.73. The van der Waals surface area contributed by atoms with E-state index in [1.54, 1.807) is 25.3 Å². The Morgan fingerprint density at radius 2 is 1.69 bits per heavy atom. The van der Waals surface area contributed by atoms with Gasteiger partial charge in [0.1, 0.15) is 5.75 Å². The molecule has 0 radical (unpaired) electrons. The minimum Gasteiger partial charge on any atom is -0.497 e. The zero-order chi connectivity index (χ0) is 21.1. The average molecular weight is 417 g/mol. The highest BCUT2D eigenvalue weighted by Crippen LogP contribution is 2.15. The predicted molar refractivity (Wildman–Crippen MR) is 116 cm³/mol. The molecule has 0 unspecified atom stereocenters. The zero-order valence-electron chi connectivity index (χ0n) is 16.9. The highest BCUT2D eigenvalue weighted by molar-refractivity contribution is 7.89. The van der Waals surface area contributed by atoms with Gasteiger partial charge >= 0.3 is 0 Å². The minimum absolute atomic E-state index is 0.180. The van der Waals surface area contributed by atoms with Crippen LogP contribution in [0, 0.1) is 0 Å². The number of hydrogen-bond acceptors (Lipinski definition) is 4. The van der Waals surface area contributed by atoms with Gasteiger partial charge in [0, 0.05) is 18.3 Å². The quantitative estimate of drug-likeness (QED) is 0.425. The van der Waals surface area contributed by atoms with Gasteiger partial charge in [0.05, 0.1) is 12.0 Å². The van der Waals surface area contributed by atoms with Gasteiger partial charge in [-0.1, -0.05) is 38.3 Å². The summed E-state index contributed by atoms with van der Waals surface area (Å²) in [6.45, 7) is 2.54. The number of hydrogen-bond donors (Lipinski definition) is 2. The van der Waals surface area contributed by atoms with E-state index in [2.05, 4.69) is 17.0 Å². The van der Waals surface area contributed by atoms with Gasteiger partial charge in [0.25, 0.3) is 0 Å². The molecular formula is C22H28N2O4S. The summed E-state index contributed by atoms with van der Waals surface area (Å²) >= 11 is 0. The molecule has 0 aromatic heterocycles. The summed E-state index contributed by atoms with van der Waals surface area (Å²) in [5.41, 5.74) is 1.39. The number of carbonyl (C=O) groups excluding carboxylic acids is 1. The Hall–Kier alpha value is -2.64. The molecule has 0 aliphatic rings. The summed E-state index contributed by atoms with van der Waals surface area (Å²) in [5, 5.41) is 2.71. The molecule has 0 aliphatic heterocycles. The van der Waals surface area contributed by atoms with Crippen LogP contribution in [0.1, 0.15) is 38.2 Å². The Labute approximate surface area is 173 Å². The van der Waals surface area contributed by atoms with Crippen molar-refractivity contribution < 1.29 is 17.9 Å². The van der Waals surface area contributed by atoms with Crippen molar-refractivity contribution in [3.05, 3.63) is 60.2 Å². The van der Waals surface area contributed by atoms with E-state index < -0.39 is 10.0 Å². The molecule has 0 aliphatic carbocycles. The van der Waals surface area contributed by atoms with Crippen LogP contribution in [0.3, 0.4) is 0 Å². The number of ether oxygens (including phenoxy) is 1. The van der Waals surface area contributed by atoms with Crippen LogP contribution < -0.4 is 14.8 Å². The van der Waals surface area contributed by atoms with Crippen molar-refractivity contribution in [1.29, 1.82) is 0 Å². The Morgan fingerprint density at radius 1 is 1.00 bits per heavy atom. The van der Waals surface area contributed by atoms with Crippen molar-refractivity contribution in [3.63, 3.8) is 0 Å². The van der Waals surface area contributed by atoms with Crippen molar-refractivity contribution in [2.45, 2.75) is 37.5 Å². The molecule has 2 N–H and O–H groups in total. The fourth-order valence-electron chi connectivity index (χ4n) is 2.63. The molecule has 2 aromatic carbocycles. The highest BCUT2D eigenvalue weighted by Gasteiger charge is 2.13. The minimum atomic E-state index is -3.53. The van der Waals surface area contributed by atoms with Crippen LogP contribution in [0.25, 0.3) is 6.08 Å². The third kappa shape index (κ3) is 7.71. The molecule has 29 heavy (non-hydrogen) atoms. The van der Waals surface area contributed by atoms with E-state index in [4.69, 9.17) is 4.74 Å². The molecule has 0 saturated carbocycles. The molecule has 2 aromatic rings. The number of methoxy groups -OCH3 is 1. The van der Waals surface area contributed by atoms with Crippen molar-refractivity contribution >= 4 is 27.7 Å². The van der Waals surface area contributed by atoms with E-state index in [0.717, 1.165) is 37.0 Å². The lowest BCUT2D eigenvalue weighted by molar-refractivity contribution is -0.111. The van der Waals surface area contributed by atoms with Crippen molar-refractivity contribution in [2.75, 3.05) is 19.0 Å². The fourth-order valence-corrected chi connectivity index (χ4v) is 3.70. The van der Waals surface area contributed by atoms with Crippen molar-refractivity contribution in [2.24, 2.45) is 0 Å². The zero-order valence-corrected chi connectivity index (χ0v) is 17.7. The molecular weight excluding hydrogens is 388 g/mol. The first-order chi connectivity index (χ1) is 13.9. The van der Waals surface area contributed by atoms with Gasteiger partial charge in [0.15, 0.2) is 0 Å². The Morgan fingerprint density at radius 3 is 2.31 bits per heavy atom. The third-order valence-electron chi connectivity index (χ3n) is 4.30. The topological polar surface area (TPSA) is 84.5 Å². The maximum atomic E-state index is 12.3. The second-order valence-corrected chi connectivity index (χ2v) is 8.35. The normalized spacial score (nSPS) is 11.5. The first-order valence-corrected chi connectivity index (χ1v) is 11.2. The number of nitrogens with one attached hydrogen (secondary N) is 2. The van der Waals surface area contributed by atoms with Crippen LogP contribution in [0.15, 0.2) is 59.5 Å². The highest BCUT2D eigenvalue weighted by atomic mass is 32.2. The van der Waals surface area contributed by atoms with E-state index in [0.29, 0.717) is 12.2 Å². The summed E-state index contributed by atoms with van der Waals surface area (Å²) in [4.78, 5) is 12.2. The summed E-state index contributed by atoms with van der Waals surface area (Å²) in [5.74, 6) is 0.447. The molecule has 6 nitrogen and oxygen atoms in total. The van der Waals surface area contributed by atoms with Gasteiger partial charge < -0.3 is 10.1 Å². The molecule has 0 bridgehead atoms. The lowest BCUT2D eigenvalue weighted by atomic mass is 10.2. The van der Waals surface area contributed by atoms with Gasteiger partial charge in [0.2, 0.25) is 15.9 Å². The van der Waals surface area contributed by atoms with Crippen LogP contribution in [-0.4, -0.2) is 28.0 Å². The van der Waals surface area contributed by atoms with Gasteiger partial charge in [-0.05, 0) is 54.5 Å².